The number of para-hydroxylation sites is 2. The average molecular weight is 321 g/mol. The molecular formula is C18H15N3OS. The molecule has 0 aliphatic heterocycles. The van der Waals surface area contributed by atoms with Crippen LogP contribution in [0.15, 0.2) is 59.5 Å². The molecule has 0 spiro atoms. The monoisotopic (exact) mass is 321 g/mol. The number of thioether (sulfide) groups is 1. The summed E-state index contributed by atoms with van der Waals surface area (Å²) in [5, 5.41) is 4.87. The summed E-state index contributed by atoms with van der Waals surface area (Å²) in [6.07, 6.45) is 0. The van der Waals surface area contributed by atoms with Crippen LogP contribution >= 0.6 is 11.8 Å². The first kappa shape index (κ1) is 14.1. The highest BCUT2D eigenvalue weighted by Gasteiger charge is 2.21. The van der Waals surface area contributed by atoms with Crippen molar-refractivity contribution in [3.05, 3.63) is 54.6 Å². The number of benzene rings is 2. The van der Waals surface area contributed by atoms with Gasteiger partial charge in [0.05, 0.1) is 15.9 Å². The highest BCUT2D eigenvalue weighted by molar-refractivity contribution is 8.13. The average Bonchev–Trinajstić information content (AvgIpc) is 3.06. The highest BCUT2D eigenvalue weighted by atomic mass is 32.2. The topological polar surface area (TPSA) is 39.3 Å². The SMILES string of the molecule is CC(=O)Sc1c(-c2ccccc2)nn2c3ccccc3n(C)c12. The van der Waals surface area contributed by atoms with Crippen LogP contribution in [0, 0.1) is 0 Å². The molecule has 0 radical (unpaired) electrons. The lowest BCUT2D eigenvalue weighted by atomic mass is 10.1. The lowest BCUT2D eigenvalue weighted by Gasteiger charge is -2.02. The maximum atomic E-state index is 11.8. The van der Waals surface area contributed by atoms with E-state index in [2.05, 4.69) is 10.6 Å². The standard InChI is InChI=1S/C18H15N3OS/c1-12(22)23-17-16(13-8-4-3-5-9-13)19-21-15-11-7-6-10-14(15)20(2)18(17)21/h3-11H,1-2H3. The van der Waals surface area contributed by atoms with Crippen molar-refractivity contribution in [3.63, 3.8) is 0 Å². The molecule has 0 N–H and O–H groups in total. The van der Waals surface area contributed by atoms with Gasteiger partial charge in [-0.25, -0.2) is 4.52 Å². The molecule has 2 heterocycles. The maximum absolute atomic E-state index is 11.8. The van der Waals surface area contributed by atoms with E-state index in [1.807, 2.05) is 60.1 Å². The van der Waals surface area contributed by atoms with E-state index in [1.54, 1.807) is 6.92 Å². The zero-order chi connectivity index (χ0) is 16.0. The lowest BCUT2D eigenvalue weighted by molar-refractivity contribution is -0.109. The smallest absolute Gasteiger partial charge is 0.190 e. The van der Waals surface area contributed by atoms with Crippen LogP contribution in [0.4, 0.5) is 0 Å². The summed E-state index contributed by atoms with van der Waals surface area (Å²) in [4.78, 5) is 12.7. The van der Waals surface area contributed by atoms with Gasteiger partial charge in [0.15, 0.2) is 10.8 Å². The van der Waals surface area contributed by atoms with Crippen LogP contribution in [0.25, 0.3) is 27.9 Å². The first-order chi connectivity index (χ1) is 11.2. The quantitative estimate of drug-likeness (QED) is 0.521. The zero-order valence-electron chi connectivity index (χ0n) is 12.9. The first-order valence-electron chi connectivity index (χ1n) is 7.37. The van der Waals surface area contributed by atoms with Crippen LogP contribution in [-0.4, -0.2) is 19.3 Å². The number of aromatic nitrogens is 3. The molecule has 5 heteroatoms. The molecular weight excluding hydrogens is 306 g/mol. The Balaban J connectivity index is 2.11. The van der Waals surface area contributed by atoms with Gasteiger partial charge in [-0.1, -0.05) is 42.5 Å². The number of nitrogens with zero attached hydrogens (tertiary/aromatic N) is 3. The van der Waals surface area contributed by atoms with Gasteiger partial charge in [-0.15, -0.1) is 0 Å². The van der Waals surface area contributed by atoms with Gasteiger partial charge >= 0.3 is 0 Å². The third-order valence-electron chi connectivity index (χ3n) is 3.90. The molecule has 0 atom stereocenters. The van der Waals surface area contributed by atoms with Crippen LogP contribution in [-0.2, 0) is 11.8 Å². The van der Waals surface area contributed by atoms with Crippen LogP contribution in [0.1, 0.15) is 6.92 Å². The second-order valence-corrected chi connectivity index (χ2v) is 6.61. The fourth-order valence-electron chi connectivity index (χ4n) is 2.92. The Labute approximate surface area is 137 Å². The Bertz CT molecular complexity index is 1030. The van der Waals surface area contributed by atoms with E-state index in [4.69, 9.17) is 5.10 Å². The molecule has 23 heavy (non-hydrogen) atoms. The van der Waals surface area contributed by atoms with Gasteiger partial charge in [0, 0.05) is 19.5 Å². The van der Waals surface area contributed by atoms with Crippen molar-refractivity contribution in [2.75, 3.05) is 0 Å². The van der Waals surface area contributed by atoms with E-state index < -0.39 is 0 Å². The Morgan fingerprint density at radius 2 is 1.65 bits per heavy atom. The van der Waals surface area contributed by atoms with E-state index in [9.17, 15) is 4.79 Å². The van der Waals surface area contributed by atoms with Gasteiger partial charge in [0.1, 0.15) is 5.69 Å². The molecule has 0 saturated carbocycles. The number of hydrogen-bond donors (Lipinski definition) is 0. The minimum absolute atomic E-state index is 0.0577. The summed E-state index contributed by atoms with van der Waals surface area (Å²) < 4.78 is 4.03. The molecule has 0 bridgehead atoms. The van der Waals surface area contributed by atoms with Gasteiger partial charge in [-0.3, -0.25) is 4.79 Å². The number of fused-ring (bicyclic) bond motifs is 3. The van der Waals surface area contributed by atoms with Gasteiger partial charge in [-0.2, -0.15) is 5.10 Å². The fourth-order valence-corrected chi connectivity index (χ4v) is 3.78. The summed E-state index contributed by atoms with van der Waals surface area (Å²) in [5.74, 6) is 0. The van der Waals surface area contributed by atoms with E-state index in [0.29, 0.717) is 0 Å². The first-order valence-corrected chi connectivity index (χ1v) is 8.18. The van der Waals surface area contributed by atoms with Crippen LogP contribution in [0.5, 0.6) is 0 Å². The predicted molar refractivity (Wildman–Crippen MR) is 93.6 cm³/mol. The summed E-state index contributed by atoms with van der Waals surface area (Å²) >= 11 is 1.24. The van der Waals surface area contributed by atoms with Crippen molar-refractivity contribution in [1.82, 2.24) is 14.2 Å². The minimum Gasteiger partial charge on any atom is -0.327 e. The molecule has 114 valence electrons. The molecule has 0 amide bonds. The third kappa shape index (κ3) is 2.16. The number of hydrogen-bond acceptors (Lipinski definition) is 3. The van der Waals surface area contributed by atoms with Crippen LogP contribution in [0.3, 0.4) is 0 Å². The number of imidazole rings is 1. The van der Waals surface area contributed by atoms with Gasteiger partial charge in [-0.05, 0) is 23.9 Å². The second-order valence-electron chi connectivity index (χ2n) is 5.42. The molecule has 2 aromatic heterocycles. The van der Waals surface area contributed by atoms with Crippen molar-refractivity contribution in [3.8, 4) is 11.3 Å². The number of aryl methyl sites for hydroxylation is 1. The van der Waals surface area contributed by atoms with Gasteiger partial charge in [0.2, 0.25) is 0 Å². The predicted octanol–water partition coefficient (Wildman–Crippen LogP) is 4.13. The van der Waals surface area contributed by atoms with Crippen LogP contribution in [0.2, 0.25) is 0 Å². The molecule has 2 aromatic carbocycles. The lowest BCUT2D eigenvalue weighted by Crippen LogP contribution is -1.90. The van der Waals surface area contributed by atoms with E-state index in [0.717, 1.165) is 32.8 Å². The molecule has 0 aliphatic rings. The van der Waals surface area contributed by atoms with E-state index in [1.165, 1.54) is 11.8 Å². The molecule has 4 aromatic rings. The second kappa shape index (κ2) is 5.28. The molecule has 0 aliphatic carbocycles. The van der Waals surface area contributed by atoms with Crippen molar-refractivity contribution in [2.45, 2.75) is 11.8 Å². The Kier molecular flexibility index (Phi) is 3.23. The van der Waals surface area contributed by atoms with E-state index >= 15 is 0 Å². The van der Waals surface area contributed by atoms with Gasteiger partial charge in [0.25, 0.3) is 0 Å². The fraction of sp³-hybridized carbons (Fsp3) is 0.111. The summed E-state index contributed by atoms with van der Waals surface area (Å²) in [5.41, 5.74) is 4.95. The zero-order valence-corrected chi connectivity index (χ0v) is 13.7. The molecule has 0 fully saturated rings. The van der Waals surface area contributed by atoms with Crippen LogP contribution < -0.4 is 0 Å². The van der Waals surface area contributed by atoms with Crippen molar-refractivity contribution in [1.29, 1.82) is 0 Å². The number of carbonyl (C=O) groups excluding carboxylic acids is 1. The molecule has 0 saturated heterocycles. The number of carbonyl (C=O) groups is 1. The molecule has 0 unspecified atom stereocenters. The van der Waals surface area contributed by atoms with Crippen molar-refractivity contribution in [2.24, 2.45) is 7.05 Å². The maximum Gasteiger partial charge on any atom is 0.190 e. The Morgan fingerprint density at radius 3 is 2.35 bits per heavy atom. The minimum atomic E-state index is 0.0577. The highest BCUT2D eigenvalue weighted by Crippen LogP contribution is 2.37. The number of rotatable bonds is 2. The molecule has 4 rings (SSSR count). The Morgan fingerprint density at radius 1 is 1.00 bits per heavy atom. The molecule has 4 nitrogen and oxygen atoms in total. The van der Waals surface area contributed by atoms with Crippen molar-refractivity contribution >= 4 is 33.6 Å². The normalized spacial score (nSPS) is 11.4. The summed E-state index contributed by atoms with van der Waals surface area (Å²) in [6.45, 7) is 1.59. The summed E-state index contributed by atoms with van der Waals surface area (Å²) in [7, 11) is 2.01. The third-order valence-corrected chi connectivity index (χ3v) is 4.77. The largest absolute Gasteiger partial charge is 0.327 e. The van der Waals surface area contributed by atoms with Crippen molar-refractivity contribution < 1.29 is 4.79 Å². The Hall–Kier alpha value is -2.53. The summed E-state index contributed by atoms with van der Waals surface area (Å²) in [6, 6.07) is 18.1. The van der Waals surface area contributed by atoms with E-state index in [-0.39, 0.29) is 5.12 Å². The van der Waals surface area contributed by atoms with Gasteiger partial charge < -0.3 is 4.57 Å².